The third-order valence-electron chi connectivity index (χ3n) is 4.18. The summed E-state index contributed by atoms with van der Waals surface area (Å²) in [7, 11) is 0. The van der Waals surface area contributed by atoms with Crippen molar-refractivity contribution >= 4 is 23.1 Å². The van der Waals surface area contributed by atoms with E-state index in [9.17, 15) is 49.1 Å². The first-order valence-corrected chi connectivity index (χ1v) is 10.5. The molecule has 2 aromatic heterocycles. The monoisotopic (exact) mass is 559 g/mol. The van der Waals surface area contributed by atoms with Crippen molar-refractivity contribution in [2.24, 2.45) is 0 Å². The van der Waals surface area contributed by atoms with Gasteiger partial charge in [-0.1, -0.05) is 12.7 Å². The van der Waals surface area contributed by atoms with Gasteiger partial charge in [-0.2, -0.15) is 44.6 Å². The Morgan fingerprint density at radius 1 is 1.00 bits per heavy atom. The average molecular weight is 559 g/mol. The molecule has 1 aromatic carbocycles. The highest BCUT2D eigenvalue weighted by Gasteiger charge is 2.41. The molecule has 3 rings (SSSR count). The zero-order chi connectivity index (χ0) is 28.2. The van der Waals surface area contributed by atoms with E-state index < -0.39 is 58.2 Å². The number of carbonyl (C=O) groups excluding carboxylic acids is 2. The molecule has 0 unspecified atom stereocenters. The molecule has 6 nitrogen and oxygen atoms in total. The fourth-order valence-electron chi connectivity index (χ4n) is 2.61. The van der Waals surface area contributed by atoms with Crippen LogP contribution in [0, 0.1) is 0 Å². The largest absolute Gasteiger partial charge is 0.458 e. The molecule has 0 saturated carbocycles. The van der Waals surface area contributed by atoms with E-state index in [-0.39, 0.29) is 17.8 Å². The van der Waals surface area contributed by atoms with E-state index in [0.717, 1.165) is 24.5 Å². The van der Waals surface area contributed by atoms with Crippen molar-refractivity contribution in [3.8, 4) is 5.13 Å². The molecule has 0 aliphatic carbocycles. The van der Waals surface area contributed by atoms with Crippen LogP contribution in [0.4, 0.5) is 39.5 Å². The number of hydrogen-bond donors (Lipinski definition) is 0. The summed E-state index contributed by atoms with van der Waals surface area (Å²) >= 11 is 0.970. The summed E-state index contributed by atoms with van der Waals surface area (Å²) in [6, 6.07) is 0.779. The molecule has 0 N–H and O–H groups in total. The molecule has 200 valence electrons. The number of alkyl halides is 9. The second-order valence-electron chi connectivity index (χ2n) is 6.87. The van der Waals surface area contributed by atoms with Crippen LogP contribution in [-0.4, -0.2) is 33.1 Å². The Morgan fingerprint density at radius 3 is 1.97 bits per heavy atom. The lowest BCUT2D eigenvalue weighted by molar-refractivity contribution is -0.144. The van der Waals surface area contributed by atoms with Gasteiger partial charge in [0.05, 0.1) is 17.3 Å². The minimum absolute atomic E-state index is 0.0140. The SMILES string of the molecule is C=CCOC(=O)c1cnn(-c2nccs2)c1C(F)(F)F.CC(=O)c1cc(C(F)(F)F)cc(C(F)(F)F)c1. The van der Waals surface area contributed by atoms with Gasteiger partial charge >= 0.3 is 24.5 Å². The van der Waals surface area contributed by atoms with Gasteiger partial charge in [0.15, 0.2) is 11.5 Å². The van der Waals surface area contributed by atoms with Crippen LogP contribution in [0.3, 0.4) is 0 Å². The number of carbonyl (C=O) groups is 2. The number of aromatic nitrogens is 3. The summed E-state index contributed by atoms with van der Waals surface area (Å²) in [6.07, 6.45) is -11.2. The Bertz CT molecular complexity index is 1230. The number of Topliss-reactive ketones (excluding diaryl/α,β-unsaturated/α-hetero) is 1. The molecule has 0 radical (unpaired) electrons. The van der Waals surface area contributed by atoms with Crippen LogP contribution in [0.1, 0.15) is 44.5 Å². The van der Waals surface area contributed by atoms with Crippen molar-refractivity contribution in [1.82, 2.24) is 14.8 Å². The van der Waals surface area contributed by atoms with E-state index in [1.807, 2.05) is 0 Å². The molecule has 3 aromatic rings. The van der Waals surface area contributed by atoms with E-state index in [2.05, 4.69) is 21.4 Å². The molecule has 0 aliphatic heterocycles. The topological polar surface area (TPSA) is 74.1 Å². The number of thiazole rings is 1. The molecule has 0 fully saturated rings. The maximum absolute atomic E-state index is 13.1. The first-order chi connectivity index (χ1) is 17.0. The van der Waals surface area contributed by atoms with Crippen molar-refractivity contribution in [2.45, 2.75) is 25.5 Å². The van der Waals surface area contributed by atoms with Crippen LogP contribution < -0.4 is 0 Å². The molecule has 16 heteroatoms. The molecular weight excluding hydrogens is 545 g/mol. The number of rotatable bonds is 5. The molecule has 2 heterocycles. The second kappa shape index (κ2) is 11.1. The Labute approximate surface area is 206 Å². The zero-order valence-electron chi connectivity index (χ0n) is 18.3. The third-order valence-corrected chi connectivity index (χ3v) is 4.93. The quantitative estimate of drug-likeness (QED) is 0.152. The van der Waals surface area contributed by atoms with Crippen molar-refractivity contribution in [2.75, 3.05) is 6.61 Å². The number of hydrogen-bond acceptors (Lipinski definition) is 6. The summed E-state index contributed by atoms with van der Waals surface area (Å²) in [5.41, 5.74) is -5.46. The van der Waals surface area contributed by atoms with Gasteiger partial charge in [0.2, 0.25) is 5.13 Å². The normalized spacial score (nSPS) is 11.9. The molecule has 0 amide bonds. The van der Waals surface area contributed by atoms with E-state index in [4.69, 9.17) is 0 Å². The average Bonchev–Trinajstić information content (AvgIpc) is 3.46. The van der Waals surface area contributed by atoms with Gasteiger partial charge < -0.3 is 4.74 Å². The summed E-state index contributed by atoms with van der Waals surface area (Å²) in [5, 5.41) is 5.09. The fourth-order valence-corrected chi connectivity index (χ4v) is 3.21. The number of nitrogens with zero attached hydrogens (tertiary/aromatic N) is 3. The predicted molar refractivity (Wildman–Crippen MR) is 111 cm³/mol. The van der Waals surface area contributed by atoms with Crippen molar-refractivity contribution in [3.05, 3.63) is 76.6 Å². The van der Waals surface area contributed by atoms with Crippen LogP contribution >= 0.6 is 11.3 Å². The Hall–Kier alpha value is -3.69. The van der Waals surface area contributed by atoms with Gasteiger partial charge in [-0.05, 0) is 25.1 Å². The summed E-state index contributed by atoms with van der Waals surface area (Å²) < 4.78 is 118. The van der Waals surface area contributed by atoms with Crippen molar-refractivity contribution < 1.29 is 53.8 Å². The molecule has 0 saturated heterocycles. The number of ketones is 1. The number of benzene rings is 1. The summed E-state index contributed by atoms with van der Waals surface area (Å²) in [4.78, 5) is 26.2. The van der Waals surface area contributed by atoms with E-state index >= 15 is 0 Å². The van der Waals surface area contributed by atoms with Crippen LogP contribution in [0.5, 0.6) is 0 Å². The molecule has 37 heavy (non-hydrogen) atoms. The third kappa shape index (κ3) is 7.65. The fraction of sp³-hybridized carbons (Fsp3) is 0.238. The highest BCUT2D eigenvalue weighted by Crippen LogP contribution is 2.36. The van der Waals surface area contributed by atoms with Crippen LogP contribution in [0.25, 0.3) is 5.13 Å². The Morgan fingerprint density at radius 2 is 1.57 bits per heavy atom. The maximum Gasteiger partial charge on any atom is 0.434 e. The van der Waals surface area contributed by atoms with Crippen LogP contribution in [0.15, 0.2) is 48.6 Å². The van der Waals surface area contributed by atoms with Crippen molar-refractivity contribution in [1.29, 1.82) is 0 Å². The maximum atomic E-state index is 13.1. The Balaban J connectivity index is 0.000000264. The van der Waals surface area contributed by atoms with E-state index in [1.54, 1.807) is 0 Å². The zero-order valence-corrected chi connectivity index (χ0v) is 19.1. The lowest BCUT2D eigenvalue weighted by atomic mass is 10.0. The van der Waals surface area contributed by atoms with Crippen LogP contribution in [0.2, 0.25) is 0 Å². The second-order valence-corrected chi connectivity index (χ2v) is 7.74. The summed E-state index contributed by atoms with van der Waals surface area (Å²) in [6.45, 7) is 4.03. The minimum Gasteiger partial charge on any atom is -0.458 e. The molecule has 0 atom stereocenters. The van der Waals surface area contributed by atoms with E-state index in [1.165, 1.54) is 17.7 Å². The first kappa shape index (κ1) is 29.5. The van der Waals surface area contributed by atoms with Gasteiger partial charge in [0.1, 0.15) is 12.2 Å². The van der Waals surface area contributed by atoms with Gasteiger partial charge in [-0.25, -0.2) is 14.5 Å². The van der Waals surface area contributed by atoms with Gasteiger partial charge in [-0.15, -0.1) is 11.3 Å². The molecule has 0 aliphatic rings. The highest BCUT2D eigenvalue weighted by atomic mass is 32.1. The van der Waals surface area contributed by atoms with Gasteiger partial charge in [-0.3, -0.25) is 4.79 Å². The molecule has 0 bridgehead atoms. The molecular formula is C21H14F9N3O3S. The van der Waals surface area contributed by atoms with E-state index in [0.29, 0.717) is 16.8 Å². The van der Waals surface area contributed by atoms with Gasteiger partial charge in [0, 0.05) is 17.1 Å². The summed E-state index contributed by atoms with van der Waals surface area (Å²) in [5.74, 6) is -1.97. The smallest absolute Gasteiger partial charge is 0.434 e. The lowest BCUT2D eigenvalue weighted by Crippen LogP contribution is -2.18. The van der Waals surface area contributed by atoms with Crippen LogP contribution in [-0.2, 0) is 23.3 Å². The van der Waals surface area contributed by atoms with Crippen molar-refractivity contribution in [3.63, 3.8) is 0 Å². The molecule has 0 spiro atoms. The minimum atomic E-state index is -4.93. The lowest BCUT2D eigenvalue weighted by Gasteiger charge is -2.12. The number of esters is 1. The standard InChI is InChI=1S/C11H8F3N3O2S.C10H6F6O/c1-2-4-19-9(18)7-6-16-17(8(7)11(12,13)14)10-15-3-5-20-10;1-5(17)6-2-7(9(11,12)13)4-8(3-6)10(14,15)16/h2-3,5-6H,1,4H2;2-4H,1H3. The first-order valence-electron chi connectivity index (χ1n) is 9.60. The number of ether oxygens (including phenoxy) is 1. The van der Waals surface area contributed by atoms with Gasteiger partial charge in [0.25, 0.3) is 0 Å². The highest BCUT2D eigenvalue weighted by molar-refractivity contribution is 7.12. The Kier molecular flexibility index (Phi) is 8.90. The number of halogens is 9. The predicted octanol–water partition coefficient (Wildman–Crippen LogP) is 6.62.